The van der Waals surface area contributed by atoms with Crippen LogP contribution in [0.5, 0.6) is 0 Å². The highest BCUT2D eigenvalue weighted by molar-refractivity contribution is 5.76. The van der Waals surface area contributed by atoms with Gasteiger partial charge in [-0.25, -0.2) is 0 Å². The van der Waals surface area contributed by atoms with Crippen molar-refractivity contribution in [1.29, 1.82) is 0 Å². The summed E-state index contributed by atoms with van der Waals surface area (Å²) < 4.78 is 5.45. The van der Waals surface area contributed by atoms with Crippen molar-refractivity contribution >= 4 is 11.9 Å². The second kappa shape index (κ2) is 52.4. The first kappa shape index (κ1) is 60.8. The molecule has 0 rings (SSSR count). The van der Waals surface area contributed by atoms with Gasteiger partial charge in [0.05, 0.1) is 25.4 Å². The minimum atomic E-state index is -0.881. The van der Waals surface area contributed by atoms with Crippen LogP contribution >= 0.6 is 0 Å². The number of allylic oxidation sites excluding steroid dienone is 7. The second-order valence-corrected chi connectivity index (χ2v) is 18.5. The Morgan fingerprint density at radius 3 is 1.25 bits per heavy atom. The van der Waals surface area contributed by atoms with E-state index >= 15 is 0 Å². The first-order chi connectivity index (χ1) is 31.0. The van der Waals surface area contributed by atoms with E-state index in [1.165, 1.54) is 193 Å². The van der Waals surface area contributed by atoms with Crippen LogP contribution in [0, 0.1) is 0 Å². The largest absolute Gasteiger partial charge is 0.466 e. The van der Waals surface area contributed by atoms with E-state index in [9.17, 15) is 19.8 Å². The number of nitrogens with one attached hydrogen (secondary N) is 1. The number of amides is 1. The van der Waals surface area contributed by atoms with Gasteiger partial charge in [-0.05, 0) is 77.0 Å². The third kappa shape index (κ3) is 49.1. The smallest absolute Gasteiger partial charge is 0.305 e. The van der Waals surface area contributed by atoms with Crippen LogP contribution in [-0.2, 0) is 14.3 Å². The molecule has 0 aromatic rings. The molecule has 1 amide bonds. The van der Waals surface area contributed by atoms with Crippen molar-refractivity contribution < 1.29 is 24.5 Å². The summed E-state index contributed by atoms with van der Waals surface area (Å²) in [6.07, 6.45) is 65.6. The topological polar surface area (TPSA) is 95.9 Å². The Bertz CT molecular complexity index is 1070. The average molecular weight is 884 g/mol. The molecule has 0 aliphatic rings. The Labute approximate surface area is 391 Å². The molecular formula is C57H105NO5. The lowest BCUT2D eigenvalue weighted by atomic mass is 10.0. The maximum Gasteiger partial charge on any atom is 0.305 e. The highest BCUT2D eigenvalue weighted by Crippen LogP contribution is 2.16. The number of ether oxygens (including phenoxy) is 1. The molecule has 0 fully saturated rings. The highest BCUT2D eigenvalue weighted by atomic mass is 16.5. The average Bonchev–Trinajstić information content (AvgIpc) is 3.28. The van der Waals surface area contributed by atoms with E-state index in [-0.39, 0.29) is 18.5 Å². The first-order valence-electron chi connectivity index (χ1n) is 27.4. The molecule has 0 saturated heterocycles. The summed E-state index contributed by atoms with van der Waals surface area (Å²) >= 11 is 0. The number of aliphatic hydroxyl groups excluding tert-OH is 2. The van der Waals surface area contributed by atoms with Crippen LogP contribution in [-0.4, -0.2) is 47.4 Å². The number of carbonyl (C=O) groups excluding carboxylic acids is 2. The fourth-order valence-corrected chi connectivity index (χ4v) is 8.09. The molecule has 0 heterocycles. The molecule has 0 saturated carbocycles. The van der Waals surface area contributed by atoms with Crippen LogP contribution in [0.1, 0.15) is 277 Å². The molecule has 2 unspecified atom stereocenters. The van der Waals surface area contributed by atoms with Crippen molar-refractivity contribution in [1.82, 2.24) is 5.32 Å². The quantitative estimate of drug-likeness (QED) is 0.0321. The normalized spacial score (nSPS) is 13.0. The zero-order chi connectivity index (χ0) is 45.8. The molecule has 0 spiro atoms. The van der Waals surface area contributed by atoms with E-state index in [4.69, 9.17) is 4.74 Å². The Morgan fingerprint density at radius 2 is 0.810 bits per heavy atom. The zero-order valence-electron chi connectivity index (χ0n) is 41.8. The van der Waals surface area contributed by atoms with Crippen LogP contribution in [0.15, 0.2) is 48.6 Å². The first-order valence-corrected chi connectivity index (χ1v) is 27.4. The van der Waals surface area contributed by atoms with Crippen molar-refractivity contribution in [2.45, 2.75) is 289 Å². The van der Waals surface area contributed by atoms with Crippen LogP contribution in [0.2, 0.25) is 0 Å². The number of esters is 1. The summed E-state index contributed by atoms with van der Waals surface area (Å²) in [4.78, 5) is 24.4. The predicted molar refractivity (Wildman–Crippen MR) is 273 cm³/mol. The minimum Gasteiger partial charge on any atom is -0.466 e. The maximum atomic E-state index is 12.4. The molecule has 0 aliphatic heterocycles. The van der Waals surface area contributed by atoms with Gasteiger partial charge < -0.3 is 20.3 Å². The Hall–Kier alpha value is -2.18. The molecule has 2 atom stereocenters. The molecule has 0 aromatic heterocycles. The molecule has 6 heteroatoms. The number of unbranched alkanes of at least 4 members (excludes halogenated alkanes) is 33. The van der Waals surface area contributed by atoms with E-state index in [2.05, 4.69) is 49.5 Å². The Kier molecular flexibility index (Phi) is 50.6. The van der Waals surface area contributed by atoms with Gasteiger partial charge >= 0.3 is 5.97 Å². The molecule has 0 bridgehead atoms. The molecule has 6 nitrogen and oxygen atoms in total. The molecule has 63 heavy (non-hydrogen) atoms. The van der Waals surface area contributed by atoms with E-state index < -0.39 is 12.1 Å². The van der Waals surface area contributed by atoms with Crippen molar-refractivity contribution in [2.24, 2.45) is 0 Å². The summed E-state index contributed by atoms with van der Waals surface area (Å²) in [7, 11) is 0. The van der Waals surface area contributed by atoms with Crippen molar-refractivity contribution in [3.8, 4) is 0 Å². The van der Waals surface area contributed by atoms with Gasteiger partial charge in [0, 0.05) is 12.8 Å². The summed E-state index contributed by atoms with van der Waals surface area (Å²) in [5, 5.41) is 23.0. The van der Waals surface area contributed by atoms with E-state index in [1.54, 1.807) is 6.08 Å². The fraction of sp³-hybridized carbons (Fsp3) is 0.825. The van der Waals surface area contributed by atoms with E-state index in [0.717, 1.165) is 51.4 Å². The Morgan fingerprint density at radius 1 is 0.444 bits per heavy atom. The lowest BCUT2D eigenvalue weighted by Crippen LogP contribution is -2.45. The van der Waals surface area contributed by atoms with Crippen molar-refractivity contribution in [3.63, 3.8) is 0 Å². The predicted octanol–water partition coefficient (Wildman–Crippen LogP) is 16.6. The van der Waals surface area contributed by atoms with Gasteiger partial charge in [-0.3, -0.25) is 9.59 Å². The summed E-state index contributed by atoms with van der Waals surface area (Å²) in [5.74, 6) is -0.176. The monoisotopic (exact) mass is 884 g/mol. The number of carbonyl (C=O) groups is 2. The summed E-state index contributed by atoms with van der Waals surface area (Å²) in [6.45, 7) is 4.83. The van der Waals surface area contributed by atoms with Gasteiger partial charge in [-0.2, -0.15) is 0 Å². The Balaban J connectivity index is 3.60. The van der Waals surface area contributed by atoms with E-state index in [1.807, 2.05) is 12.2 Å². The van der Waals surface area contributed by atoms with Crippen LogP contribution < -0.4 is 5.32 Å². The summed E-state index contributed by atoms with van der Waals surface area (Å²) in [6, 6.07) is -0.673. The molecular weight excluding hydrogens is 779 g/mol. The third-order valence-corrected chi connectivity index (χ3v) is 12.3. The lowest BCUT2D eigenvalue weighted by molar-refractivity contribution is -0.143. The highest BCUT2D eigenvalue weighted by Gasteiger charge is 2.17. The number of hydrogen-bond acceptors (Lipinski definition) is 5. The standard InChI is InChI=1S/C57H105NO5/c1-3-5-7-9-11-13-15-17-19-20-21-22-23-25-29-33-37-41-45-49-55(60)54(53-59)58-56(61)50-46-42-38-34-30-26-24-28-32-36-40-44-48-52-63-57(62)51-47-43-39-35-31-27-18-16-14-12-10-8-6-4-2/h16,18,26,30,38,42,45,49,54-55,59-60H,3-15,17,19-25,27-29,31-37,39-41,43-44,46-48,50-53H2,1-2H3,(H,58,61)/b18-16-,30-26-,42-38-,49-45+. The van der Waals surface area contributed by atoms with E-state index in [0.29, 0.717) is 25.9 Å². The van der Waals surface area contributed by atoms with Crippen LogP contribution in [0.4, 0.5) is 0 Å². The fourth-order valence-electron chi connectivity index (χ4n) is 8.09. The number of hydrogen-bond donors (Lipinski definition) is 3. The third-order valence-electron chi connectivity index (χ3n) is 12.3. The molecule has 0 aliphatic carbocycles. The minimum absolute atomic E-state index is 0.0275. The number of aliphatic hydroxyl groups is 2. The van der Waals surface area contributed by atoms with Gasteiger partial charge in [0.1, 0.15) is 0 Å². The van der Waals surface area contributed by atoms with Gasteiger partial charge in [0.25, 0.3) is 0 Å². The number of rotatable bonds is 50. The SMILES string of the molecule is CCCCCCC/C=C\CCCCCCCC(=O)OCCCCCCCC/C=C\C/C=C\CCC(=O)NC(CO)C(O)/C=C/CCCCCCCCCCCCCCCCCCC. The zero-order valence-corrected chi connectivity index (χ0v) is 41.8. The molecule has 0 radical (unpaired) electrons. The van der Waals surface area contributed by atoms with Crippen LogP contribution in [0.3, 0.4) is 0 Å². The van der Waals surface area contributed by atoms with Crippen molar-refractivity contribution in [2.75, 3.05) is 13.2 Å². The molecule has 0 aromatic carbocycles. The second-order valence-electron chi connectivity index (χ2n) is 18.5. The van der Waals surface area contributed by atoms with Gasteiger partial charge in [-0.15, -0.1) is 0 Å². The molecule has 3 N–H and O–H groups in total. The molecule has 368 valence electrons. The van der Waals surface area contributed by atoms with Gasteiger partial charge in [-0.1, -0.05) is 236 Å². The van der Waals surface area contributed by atoms with Gasteiger partial charge in [0.2, 0.25) is 5.91 Å². The van der Waals surface area contributed by atoms with Crippen molar-refractivity contribution in [3.05, 3.63) is 48.6 Å². The lowest BCUT2D eigenvalue weighted by Gasteiger charge is -2.19. The maximum absolute atomic E-state index is 12.4. The summed E-state index contributed by atoms with van der Waals surface area (Å²) in [5.41, 5.74) is 0. The van der Waals surface area contributed by atoms with Gasteiger partial charge in [0.15, 0.2) is 0 Å². The van der Waals surface area contributed by atoms with Crippen LogP contribution in [0.25, 0.3) is 0 Å².